The molecule has 1 atom stereocenters. The zero-order valence-corrected chi connectivity index (χ0v) is 10.4. The van der Waals surface area contributed by atoms with Gasteiger partial charge in [0.15, 0.2) is 0 Å². The minimum absolute atomic E-state index is 0.173. The highest BCUT2D eigenvalue weighted by Crippen LogP contribution is 2.24. The molecule has 0 saturated heterocycles. The van der Waals surface area contributed by atoms with Gasteiger partial charge in [-0.2, -0.15) is 0 Å². The quantitative estimate of drug-likeness (QED) is 0.883. The van der Waals surface area contributed by atoms with Crippen LogP contribution in [-0.4, -0.2) is 16.2 Å². The Morgan fingerprint density at radius 1 is 1.16 bits per heavy atom. The maximum Gasteiger partial charge on any atom is 0.335 e. The van der Waals surface area contributed by atoms with Crippen LogP contribution in [0.15, 0.2) is 48.5 Å². The first-order valence-corrected chi connectivity index (χ1v) is 5.85. The molecule has 2 aromatic rings. The van der Waals surface area contributed by atoms with Crippen LogP contribution in [0, 0.1) is 0 Å². The summed E-state index contributed by atoms with van der Waals surface area (Å²) in [4.78, 5) is 10.9. The third-order valence-electron chi connectivity index (χ3n) is 2.73. The molecule has 4 heteroatoms. The lowest BCUT2D eigenvalue weighted by atomic mass is 10.1. The highest BCUT2D eigenvalue weighted by molar-refractivity contribution is 5.88. The number of phenols is 1. The van der Waals surface area contributed by atoms with Crippen LogP contribution < -0.4 is 4.74 Å². The van der Waals surface area contributed by atoms with E-state index >= 15 is 0 Å². The van der Waals surface area contributed by atoms with E-state index in [1.165, 1.54) is 12.1 Å². The summed E-state index contributed by atoms with van der Waals surface area (Å²) in [5, 5.41) is 18.3. The molecule has 0 saturated carbocycles. The molecule has 2 N–H and O–H groups in total. The van der Waals surface area contributed by atoms with Crippen molar-refractivity contribution in [3.05, 3.63) is 59.7 Å². The molecule has 2 rings (SSSR count). The number of rotatable bonds is 4. The van der Waals surface area contributed by atoms with E-state index in [4.69, 9.17) is 9.84 Å². The van der Waals surface area contributed by atoms with Gasteiger partial charge in [-0.25, -0.2) is 4.79 Å². The van der Waals surface area contributed by atoms with Gasteiger partial charge < -0.3 is 14.9 Å². The summed E-state index contributed by atoms with van der Waals surface area (Å²) in [7, 11) is 0. The molecule has 4 nitrogen and oxygen atoms in total. The number of benzene rings is 2. The van der Waals surface area contributed by atoms with Gasteiger partial charge in [0.05, 0.1) is 5.56 Å². The SMILES string of the molecule is CC(Oc1cccc(C(=O)O)c1)c1cccc(O)c1. The molecule has 0 amide bonds. The Balaban J connectivity index is 2.17. The summed E-state index contributed by atoms with van der Waals surface area (Å²) in [5.74, 6) is -0.335. The predicted molar refractivity (Wildman–Crippen MR) is 70.6 cm³/mol. The first-order valence-electron chi connectivity index (χ1n) is 5.85. The Morgan fingerprint density at radius 2 is 1.89 bits per heavy atom. The minimum atomic E-state index is -0.990. The standard InChI is InChI=1S/C15H14O4/c1-10(11-4-2-6-13(16)8-11)19-14-7-3-5-12(9-14)15(17)18/h2-10,16H,1H3,(H,17,18). The Labute approximate surface area is 110 Å². The van der Waals surface area contributed by atoms with E-state index in [1.807, 2.05) is 13.0 Å². The second-order valence-electron chi connectivity index (χ2n) is 4.19. The lowest BCUT2D eigenvalue weighted by Gasteiger charge is -2.15. The zero-order chi connectivity index (χ0) is 13.8. The molecule has 0 aliphatic heterocycles. The fourth-order valence-electron chi connectivity index (χ4n) is 1.75. The number of phenolic OH excluding ortho intramolecular Hbond substituents is 1. The Hall–Kier alpha value is -2.49. The van der Waals surface area contributed by atoms with Crippen molar-refractivity contribution in [3.8, 4) is 11.5 Å². The van der Waals surface area contributed by atoms with Gasteiger partial charge in [0.1, 0.15) is 17.6 Å². The monoisotopic (exact) mass is 258 g/mol. The molecule has 0 radical (unpaired) electrons. The molecule has 0 fully saturated rings. The van der Waals surface area contributed by atoms with Gasteiger partial charge in [-0.15, -0.1) is 0 Å². The third kappa shape index (κ3) is 3.25. The Kier molecular flexibility index (Phi) is 3.71. The van der Waals surface area contributed by atoms with E-state index in [0.717, 1.165) is 5.56 Å². The van der Waals surface area contributed by atoms with Gasteiger partial charge in [-0.1, -0.05) is 18.2 Å². The van der Waals surface area contributed by atoms with Crippen LogP contribution in [0.3, 0.4) is 0 Å². The molecule has 0 heterocycles. The zero-order valence-electron chi connectivity index (χ0n) is 10.4. The topological polar surface area (TPSA) is 66.8 Å². The molecular weight excluding hydrogens is 244 g/mol. The van der Waals surface area contributed by atoms with Crippen molar-refractivity contribution in [2.75, 3.05) is 0 Å². The molecular formula is C15H14O4. The number of hydrogen-bond donors (Lipinski definition) is 2. The third-order valence-corrected chi connectivity index (χ3v) is 2.73. The van der Waals surface area contributed by atoms with E-state index < -0.39 is 5.97 Å². The van der Waals surface area contributed by atoms with Gasteiger partial charge in [-0.05, 0) is 42.8 Å². The normalized spacial score (nSPS) is 11.8. The van der Waals surface area contributed by atoms with Gasteiger partial charge in [0.25, 0.3) is 0 Å². The number of hydrogen-bond acceptors (Lipinski definition) is 3. The van der Waals surface area contributed by atoms with Gasteiger partial charge in [-0.3, -0.25) is 0 Å². The van der Waals surface area contributed by atoms with Crippen LogP contribution in [0.1, 0.15) is 28.9 Å². The van der Waals surface area contributed by atoms with E-state index in [2.05, 4.69) is 0 Å². The number of carbonyl (C=O) groups is 1. The second-order valence-corrected chi connectivity index (χ2v) is 4.19. The Bertz CT molecular complexity index is 592. The lowest BCUT2D eigenvalue weighted by molar-refractivity contribution is 0.0696. The fraction of sp³-hybridized carbons (Fsp3) is 0.133. The van der Waals surface area contributed by atoms with Crippen molar-refractivity contribution in [2.24, 2.45) is 0 Å². The summed E-state index contributed by atoms with van der Waals surface area (Å²) in [5.41, 5.74) is 1.00. The molecule has 0 spiro atoms. The first kappa shape index (κ1) is 13.0. The summed E-state index contributed by atoms with van der Waals surface area (Å²) in [6.45, 7) is 1.84. The molecule has 0 aromatic heterocycles. The highest BCUT2D eigenvalue weighted by Gasteiger charge is 2.09. The van der Waals surface area contributed by atoms with Crippen LogP contribution in [0.25, 0.3) is 0 Å². The second kappa shape index (κ2) is 5.44. The maximum absolute atomic E-state index is 10.9. The van der Waals surface area contributed by atoms with Crippen molar-refractivity contribution in [1.29, 1.82) is 0 Å². The van der Waals surface area contributed by atoms with E-state index in [0.29, 0.717) is 5.75 Å². The lowest BCUT2D eigenvalue weighted by Crippen LogP contribution is -2.04. The number of ether oxygens (including phenoxy) is 1. The molecule has 1 unspecified atom stereocenters. The van der Waals surface area contributed by atoms with E-state index in [-0.39, 0.29) is 17.4 Å². The molecule has 0 aliphatic carbocycles. The number of aromatic carboxylic acids is 1. The van der Waals surface area contributed by atoms with E-state index in [1.54, 1.807) is 30.3 Å². The minimum Gasteiger partial charge on any atom is -0.508 e. The molecule has 98 valence electrons. The van der Waals surface area contributed by atoms with Crippen molar-refractivity contribution in [2.45, 2.75) is 13.0 Å². The predicted octanol–water partition coefficient (Wildman–Crippen LogP) is 3.23. The fourth-order valence-corrected chi connectivity index (χ4v) is 1.75. The van der Waals surface area contributed by atoms with Crippen LogP contribution in [0.5, 0.6) is 11.5 Å². The molecule has 19 heavy (non-hydrogen) atoms. The molecule has 0 aliphatic rings. The molecule has 0 bridgehead atoms. The summed E-state index contributed by atoms with van der Waals surface area (Å²) in [6, 6.07) is 13.1. The smallest absolute Gasteiger partial charge is 0.335 e. The van der Waals surface area contributed by atoms with Crippen molar-refractivity contribution >= 4 is 5.97 Å². The number of aromatic hydroxyl groups is 1. The van der Waals surface area contributed by atoms with Crippen LogP contribution in [-0.2, 0) is 0 Å². The van der Waals surface area contributed by atoms with Crippen LogP contribution in [0.4, 0.5) is 0 Å². The first-order chi connectivity index (χ1) is 9.06. The largest absolute Gasteiger partial charge is 0.508 e. The van der Waals surface area contributed by atoms with Crippen molar-refractivity contribution < 1.29 is 19.7 Å². The Morgan fingerprint density at radius 3 is 2.58 bits per heavy atom. The summed E-state index contributed by atoms with van der Waals surface area (Å²) < 4.78 is 5.67. The summed E-state index contributed by atoms with van der Waals surface area (Å²) >= 11 is 0. The molecule has 2 aromatic carbocycles. The van der Waals surface area contributed by atoms with Crippen molar-refractivity contribution in [3.63, 3.8) is 0 Å². The van der Waals surface area contributed by atoms with Crippen LogP contribution >= 0.6 is 0 Å². The van der Waals surface area contributed by atoms with E-state index in [9.17, 15) is 9.90 Å². The number of carboxylic acids is 1. The maximum atomic E-state index is 10.9. The average Bonchev–Trinajstić information content (AvgIpc) is 2.39. The summed E-state index contributed by atoms with van der Waals surface area (Å²) in [6.07, 6.45) is -0.281. The van der Waals surface area contributed by atoms with Gasteiger partial charge >= 0.3 is 5.97 Å². The van der Waals surface area contributed by atoms with Crippen LogP contribution in [0.2, 0.25) is 0 Å². The van der Waals surface area contributed by atoms with Crippen molar-refractivity contribution in [1.82, 2.24) is 0 Å². The number of carboxylic acid groups (broad SMARTS) is 1. The highest BCUT2D eigenvalue weighted by atomic mass is 16.5. The van der Waals surface area contributed by atoms with Gasteiger partial charge in [0.2, 0.25) is 0 Å². The van der Waals surface area contributed by atoms with Gasteiger partial charge in [0, 0.05) is 0 Å². The average molecular weight is 258 g/mol.